The number of rotatable bonds is 6. The first kappa shape index (κ1) is 19.5. The molecule has 0 aliphatic rings. The summed E-state index contributed by atoms with van der Waals surface area (Å²) in [6, 6.07) is 28.7. The molecule has 0 aliphatic carbocycles. The fourth-order valence-corrected chi connectivity index (χ4v) is 3.93. The van der Waals surface area contributed by atoms with Crippen LogP contribution >= 0.6 is 0 Å². The van der Waals surface area contributed by atoms with Gasteiger partial charge in [-0.1, -0.05) is 60.7 Å². The second-order valence-electron chi connectivity index (χ2n) is 7.61. The van der Waals surface area contributed by atoms with Crippen molar-refractivity contribution in [3.63, 3.8) is 0 Å². The third-order valence-corrected chi connectivity index (χ3v) is 5.71. The summed E-state index contributed by atoms with van der Waals surface area (Å²) in [7, 11) is 0. The zero-order valence-corrected chi connectivity index (χ0v) is 18.1. The van der Waals surface area contributed by atoms with E-state index in [1.165, 1.54) is 11.1 Å². The zero-order valence-electron chi connectivity index (χ0n) is 16.9. The summed E-state index contributed by atoms with van der Waals surface area (Å²) >= 11 is -0.430. The summed E-state index contributed by atoms with van der Waals surface area (Å²) in [5, 5.41) is 1.08. The van der Waals surface area contributed by atoms with Crippen LogP contribution in [0, 0.1) is 6.92 Å². The molecule has 0 saturated carbocycles. The van der Waals surface area contributed by atoms with Crippen LogP contribution in [0.15, 0.2) is 84.9 Å². The Bertz CT molecular complexity index is 1110. The van der Waals surface area contributed by atoms with E-state index in [0.717, 1.165) is 28.1 Å². The molecule has 0 aliphatic heterocycles. The number of ether oxygens (including phenoxy) is 1. The quantitative estimate of drug-likeness (QED) is 0.373. The zero-order chi connectivity index (χ0) is 20.3. The van der Waals surface area contributed by atoms with Crippen LogP contribution in [0.4, 0.5) is 0 Å². The number of pyridine rings is 1. The van der Waals surface area contributed by atoms with Gasteiger partial charge in [-0.15, -0.1) is 0 Å². The number of para-hydroxylation sites is 1. The van der Waals surface area contributed by atoms with E-state index in [4.69, 9.17) is 8.53 Å². The van der Waals surface area contributed by atoms with Gasteiger partial charge >= 0.3 is 15.6 Å². The van der Waals surface area contributed by atoms with Gasteiger partial charge in [-0.25, -0.2) is 4.98 Å². The molecule has 3 aromatic carbocycles. The van der Waals surface area contributed by atoms with Crippen LogP contribution in [-0.4, -0.2) is 25.0 Å². The Kier molecular flexibility index (Phi) is 5.58. The molecule has 1 radical (unpaired) electrons. The molecule has 1 aromatic heterocycles. The van der Waals surface area contributed by atoms with Crippen LogP contribution in [0.25, 0.3) is 22.0 Å². The van der Waals surface area contributed by atoms with Crippen molar-refractivity contribution in [3.8, 4) is 22.6 Å². The second kappa shape index (κ2) is 8.29. The summed E-state index contributed by atoms with van der Waals surface area (Å²) in [5.41, 5.74) is 4.26. The fraction of sp³-hybridized carbons (Fsp3) is 0.160. The first-order valence-electron chi connectivity index (χ1n) is 9.72. The van der Waals surface area contributed by atoms with E-state index in [-0.39, 0.29) is 0 Å². The number of aryl methyl sites for hydroxylation is 1. The van der Waals surface area contributed by atoms with Crippen molar-refractivity contribution in [3.05, 3.63) is 90.6 Å². The van der Waals surface area contributed by atoms with Crippen molar-refractivity contribution >= 4 is 26.5 Å². The Morgan fingerprint density at radius 2 is 1.48 bits per heavy atom. The molecule has 0 unspecified atom stereocenters. The molecule has 0 saturated heterocycles. The predicted octanol–water partition coefficient (Wildman–Crippen LogP) is 6.02. The van der Waals surface area contributed by atoms with Crippen LogP contribution < -0.4 is 8.53 Å². The minimum atomic E-state index is -0.430. The Balaban J connectivity index is 1.45. The number of nitrogens with zero attached hydrogens (tertiary/aromatic N) is 1. The highest BCUT2D eigenvalue weighted by molar-refractivity contribution is 6.32. The third-order valence-electron chi connectivity index (χ3n) is 4.64. The van der Waals surface area contributed by atoms with E-state index < -0.39 is 20.0 Å². The molecule has 0 N–H and O–H groups in total. The van der Waals surface area contributed by atoms with Crippen molar-refractivity contribution < 1.29 is 8.53 Å². The second-order valence-corrected chi connectivity index (χ2v) is 9.47. The van der Waals surface area contributed by atoms with Crippen molar-refractivity contribution in [2.75, 3.05) is 0 Å². The average molecular weight is 396 g/mol. The molecular weight excluding hydrogens is 373 g/mol. The van der Waals surface area contributed by atoms with Gasteiger partial charge in [0.25, 0.3) is 0 Å². The predicted molar refractivity (Wildman–Crippen MR) is 119 cm³/mol. The number of benzene rings is 3. The Labute approximate surface area is 178 Å². The van der Waals surface area contributed by atoms with Gasteiger partial charge in [0.2, 0.25) is 0 Å². The molecule has 4 rings (SSSR count). The molecular formula is C25H23AlNO2. The maximum atomic E-state index is 6.33. The highest BCUT2D eigenvalue weighted by Crippen LogP contribution is 2.28. The molecule has 4 heteroatoms. The largest absolute Gasteiger partial charge is 0.646 e. The molecule has 0 bridgehead atoms. The van der Waals surface area contributed by atoms with Gasteiger partial charge in [-0.3, -0.25) is 0 Å². The minimum Gasteiger partial charge on any atom is -0.646 e. The maximum Gasteiger partial charge on any atom is 0.576 e. The monoisotopic (exact) mass is 396 g/mol. The van der Waals surface area contributed by atoms with Crippen molar-refractivity contribution in [2.45, 2.75) is 25.2 Å². The van der Waals surface area contributed by atoms with Gasteiger partial charge in [0.1, 0.15) is 11.3 Å². The van der Waals surface area contributed by atoms with Gasteiger partial charge in [0.05, 0.1) is 10.2 Å². The number of fused-ring (bicyclic) bond motifs is 1. The maximum absolute atomic E-state index is 6.33. The van der Waals surface area contributed by atoms with Gasteiger partial charge in [-0.05, 0) is 56.2 Å². The Morgan fingerprint density at radius 1 is 0.759 bits per heavy atom. The Hall–Kier alpha value is -2.80. The van der Waals surface area contributed by atoms with E-state index in [1.807, 2.05) is 55.5 Å². The van der Waals surface area contributed by atoms with Crippen LogP contribution in [0.5, 0.6) is 11.5 Å². The third kappa shape index (κ3) is 4.79. The van der Waals surface area contributed by atoms with Gasteiger partial charge in [0, 0.05) is 11.1 Å². The fourth-order valence-electron chi connectivity index (χ4n) is 3.17. The average Bonchev–Trinajstić information content (AvgIpc) is 2.74. The van der Waals surface area contributed by atoms with Crippen LogP contribution in [0.1, 0.15) is 19.5 Å². The highest BCUT2D eigenvalue weighted by Gasteiger charge is 2.28. The molecule has 29 heavy (non-hydrogen) atoms. The number of hydrogen-bond acceptors (Lipinski definition) is 3. The lowest BCUT2D eigenvalue weighted by Gasteiger charge is -2.25. The normalized spacial score (nSPS) is 11.3. The molecule has 4 aromatic rings. The molecule has 3 nitrogen and oxygen atoms in total. The summed E-state index contributed by atoms with van der Waals surface area (Å²) in [6.07, 6.45) is 0. The van der Waals surface area contributed by atoms with Gasteiger partial charge < -0.3 is 8.53 Å². The molecule has 143 valence electrons. The highest BCUT2D eigenvalue weighted by atomic mass is 27.1. The first-order chi connectivity index (χ1) is 14.0. The lowest BCUT2D eigenvalue weighted by Crippen LogP contribution is -2.39. The SMILES string of the molecule is Cc1ccc2cccc(O[C](C)(C)[Al][O]c3ccc(-c4ccccc4)cc3)c2n1. The Morgan fingerprint density at radius 3 is 2.24 bits per heavy atom. The molecule has 0 amide bonds. The molecule has 1 heterocycles. The van der Waals surface area contributed by atoms with Crippen LogP contribution in [0.3, 0.4) is 0 Å². The summed E-state index contributed by atoms with van der Waals surface area (Å²) in [6.45, 7) is 6.12. The lowest BCUT2D eigenvalue weighted by molar-refractivity contribution is 0.183. The smallest absolute Gasteiger partial charge is 0.576 e. The molecule has 0 spiro atoms. The van der Waals surface area contributed by atoms with Crippen molar-refractivity contribution in [2.24, 2.45) is 0 Å². The standard InChI is InChI=1S/C13H14NO.C12H10O.Al/c1-9(2)15-12-6-4-5-11-8-7-10(3)14-13(11)12;13-12-8-6-11(7-9-12)10-4-2-1-3-5-10;/h4-8H,1-3H3;1-9,13H;/q;;+1/p-1. The van der Waals surface area contributed by atoms with E-state index in [2.05, 4.69) is 55.2 Å². The number of hydrogen-bond donors (Lipinski definition) is 0. The van der Waals surface area contributed by atoms with Crippen LogP contribution in [-0.2, 0) is 0 Å². The van der Waals surface area contributed by atoms with Crippen molar-refractivity contribution in [1.82, 2.24) is 4.98 Å². The summed E-state index contributed by atoms with van der Waals surface area (Å²) < 4.78 is 12.0. The summed E-state index contributed by atoms with van der Waals surface area (Å²) in [4.78, 5) is 4.66. The van der Waals surface area contributed by atoms with E-state index in [1.54, 1.807) is 0 Å². The minimum absolute atomic E-state index is 0.419. The van der Waals surface area contributed by atoms with E-state index in [9.17, 15) is 0 Å². The molecule has 0 fully saturated rings. The van der Waals surface area contributed by atoms with Gasteiger partial charge in [0.15, 0.2) is 0 Å². The first-order valence-corrected chi connectivity index (χ1v) is 10.8. The lowest BCUT2D eigenvalue weighted by atomic mass is 10.1. The topological polar surface area (TPSA) is 31.4 Å². The molecule has 0 atom stereocenters. The van der Waals surface area contributed by atoms with Gasteiger partial charge in [-0.2, -0.15) is 0 Å². The van der Waals surface area contributed by atoms with Crippen LogP contribution in [0.2, 0.25) is 0 Å². The van der Waals surface area contributed by atoms with E-state index >= 15 is 0 Å². The number of aromatic nitrogens is 1. The summed E-state index contributed by atoms with van der Waals surface area (Å²) in [5.74, 6) is 1.66. The van der Waals surface area contributed by atoms with E-state index in [0.29, 0.717) is 0 Å². The van der Waals surface area contributed by atoms with Crippen molar-refractivity contribution in [1.29, 1.82) is 0 Å².